The summed E-state index contributed by atoms with van der Waals surface area (Å²) in [5, 5.41) is 9.05. The molecule has 5 nitrogen and oxygen atoms in total. The Morgan fingerprint density at radius 3 is 2.84 bits per heavy atom. The number of anilines is 1. The fraction of sp³-hybridized carbons (Fsp3) is 0.231. The van der Waals surface area contributed by atoms with Crippen molar-refractivity contribution in [2.45, 2.75) is 6.42 Å². The molecule has 2 rings (SSSR count). The lowest BCUT2D eigenvalue weighted by Crippen LogP contribution is -2.29. The van der Waals surface area contributed by atoms with E-state index in [0.717, 1.165) is 12.0 Å². The summed E-state index contributed by atoms with van der Waals surface area (Å²) in [6.07, 6.45) is 0.725. The molecule has 0 saturated heterocycles. The number of carbonyl (C=O) groups excluding carboxylic acids is 1. The minimum absolute atomic E-state index is 0.321. The highest BCUT2D eigenvalue weighted by Gasteiger charge is 2.08. The molecule has 0 aliphatic rings. The summed E-state index contributed by atoms with van der Waals surface area (Å²) in [6, 6.07) is 10.9. The maximum atomic E-state index is 11.5. The number of alkyl halides is 1. The lowest BCUT2D eigenvalue weighted by Gasteiger charge is -2.02. The molecule has 6 heteroatoms. The van der Waals surface area contributed by atoms with Crippen LogP contribution in [0.2, 0.25) is 0 Å². The van der Waals surface area contributed by atoms with Gasteiger partial charge in [-0.25, -0.2) is 4.79 Å². The van der Waals surface area contributed by atoms with Crippen molar-refractivity contribution in [1.29, 1.82) is 0 Å². The van der Waals surface area contributed by atoms with Crippen LogP contribution in [0.25, 0.3) is 11.3 Å². The second-order valence-corrected chi connectivity index (χ2v) is 4.24. The Bertz CT molecular complexity index is 528. The summed E-state index contributed by atoms with van der Waals surface area (Å²) in [4.78, 5) is 11.5. The Labute approximate surface area is 115 Å². The molecule has 1 heterocycles. The average molecular weight is 280 g/mol. The monoisotopic (exact) mass is 279 g/mol. The highest BCUT2D eigenvalue weighted by Crippen LogP contribution is 2.21. The highest BCUT2D eigenvalue weighted by molar-refractivity contribution is 6.17. The number of amides is 2. The number of nitrogens with one attached hydrogen (secondary N) is 2. The predicted octanol–water partition coefficient (Wildman–Crippen LogP) is 3.09. The Morgan fingerprint density at radius 2 is 2.11 bits per heavy atom. The molecular weight excluding hydrogens is 266 g/mol. The maximum Gasteiger partial charge on any atom is 0.320 e. The van der Waals surface area contributed by atoms with Crippen LogP contribution in [0.15, 0.2) is 40.9 Å². The van der Waals surface area contributed by atoms with Gasteiger partial charge in [0.05, 0.1) is 0 Å². The maximum absolute atomic E-state index is 11.5. The van der Waals surface area contributed by atoms with E-state index in [1.165, 1.54) is 0 Å². The third-order valence-corrected chi connectivity index (χ3v) is 2.67. The third-order valence-electron chi connectivity index (χ3n) is 2.41. The molecule has 2 N–H and O–H groups in total. The Kier molecular flexibility index (Phi) is 4.80. The first kappa shape index (κ1) is 13.4. The van der Waals surface area contributed by atoms with Gasteiger partial charge in [0.1, 0.15) is 0 Å². The minimum atomic E-state index is -0.321. The molecule has 1 aromatic heterocycles. The second kappa shape index (κ2) is 6.80. The Balaban J connectivity index is 1.93. The van der Waals surface area contributed by atoms with Gasteiger partial charge < -0.3 is 9.84 Å². The van der Waals surface area contributed by atoms with E-state index < -0.39 is 0 Å². The molecule has 0 unspecified atom stereocenters. The van der Waals surface area contributed by atoms with Crippen LogP contribution in [0, 0.1) is 0 Å². The van der Waals surface area contributed by atoms with Gasteiger partial charge >= 0.3 is 6.03 Å². The first-order valence-corrected chi connectivity index (χ1v) is 6.46. The van der Waals surface area contributed by atoms with Gasteiger partial charge in [-0.2, -0.15) is 0 Å². The van der Waals surface area contributed by atoms with E-state index in [4.69, 9.17) is 16.1 Å². The zero-order chi connectivity index (χ0) is 13.5. The fourth-order valence-corrected chi connectivity index (χ4v) is 1.64. The number of urea groups is 1. The predicted molar refractivity (Wildman–Crippen MR) is 74.3 cm³/mol. The van der Waals surface area contributed by atoms with E-state index in [1.807, 2.05) is 30.3 Å². The largest absolute Gasteiger partial charge is 0.354 e. The number of hydrogen-bond acceptors (Lipinski definition) is 3. The number of halogens is 1. The SMILES string of the molecule is O=C(NCCCCl)Nc1cc(-c2ccccc2)on1. The third kappa shape index (κ3) is 3.99. The number of rotatable bonds is 5. The smallest absolute Gasteiger partial charge is 0.320 e. The van der Waals surface area contributed by atoms with Crippen LogP contribution in [0.1, 0.15) is 6.42 Å². The topological polar surface area (TPSA) is 67.2 Å². The van der Waals surface area contributed by atoms with Gasteiger partial charge in [0, 0.05) is 24.1 Å². The standard InChI is InChI=1S/C13H14ClN3O2/c14-7-4-8-15-13(18)16-12-9-11(19-17-12)10-5-2-1-3-6-10/h1-3,5-6,9H,4,7-8H2,(H2,15,16,17,18). The summed E-state index contributed by atoms with van der Waals surface area (Å²) in [6.45, 7) is 0.527. The van der Waals surface area contributed by atoms with Crippen molar-refractivity contribution in [1.82, 2.24) is 10.5 Å². The van der Waals surface area contributed by atoms with E-state index >= 15 is 0 Å². The lowest BCUT2D eigenvalue weighted by molar-refractivity contribution is 0.252. The zero-order valence-electron chi connectivity index (χ0n) is 10.2. The minimum Gasteiger partial charge on any atom is -0.354 e. The normalized spacial score (nSPS) is 10.2. The van der Waals surface area contributed by atoms with Gasteiger partial charge in [0.2, 0.25) is 0 Å². The van der Waals surface area contributed by atoms with Crippen LogP contribution in [0.3, 0.4) is 0 Å². The van der Waals surface area contributed by atoms with E-state index in [-0.39, 0.29) is 6.03 Å². The van der Waals surface area contributed by atoms with E-state index in [9.17, 15) is 4.79 Å². The van der Waals surface area contributed by atoms with Gasteiger partial charge in [0.25, 0.3) is 0 Å². The lowest BCUT2D eigenvalue weighted by atomic mass is 10.2. The van der Waals surface area contributed by atoms with Crippen molar-refractivity contribution in [3.8, 4) is 11.3 Å². The first-order chi connectivity index (χ1) is 9.29. The van der Waals surface area contributed by atoms with Crippen molar-refractivity contribution >= 4 is 23.4 Å². The van der Waals surface area contributed by atoms with Crippen LogP contribution in [-0.2, 0) is 0 Å². The molecule has 0 spiro atoms. The molecule has 2 amide bonds. The van der Waals surface area contributed by atoms with Crippen LogP contribution in [0.4, 0.5) is 10.6 Å². The summed E-state index contributed by atoms with van der Waals surface area (Å²) in [5.41, 5.74) is 0.908. The van der Waals surface area contributed by atoms with E-state index in [2.05, 4.69) is 15.8 Å². The summed E-state index contributed by atoms with van der Waals surface area (Å²) in [5.74, 6) is 1.50. The van der Waals surface area contributed by atoms with Gasteiger partial charge in [0.15, 0.2) is 11.6 Å². The van der Waals surface area contributed by atoms with Crippen molar-refractivity contribution in [2.24, 2.45) is 0 Å². The Morgan fingerprint density at radius 1 is 1.32 bits per heavy atom. The van der Waals surface area contributed by atoms with Crippen LogP contribution >= 0.6 is 11.6 Å². The van der Waals surface area contributed by atoms with Gasteiger partial charge in [-0.05, 0) is 6.42 Å². The zero-order valence-corrected chi connectivity index (χ0v) is 11.0. The molecule has 0 aliphatic heterocycles. The van der Waals surface area contributed by atoms with Crippen molar-refractivity contribution < 1.29 is 9.32 Å². The molecule has 0 bridgehead atoms. The molecule has 0 fully saturated rings. The van der Waals surface area contributed by atoms with Crippen LogP contribution < -0.4 is 10.6 Å². The van der Waals surface area contributed by atoms with Crippen LogP contribution in [0.5, 0.6) is 0 Å². The van der Waals surface area contributed by atoms with Gasteiger partial charge in [-0.1, -0.05) is 35.5 Å². The van der Waals surface area contributed by atoms with Gasteiger partial charge in [-0.3, -0.25) is 5.32 Å². The number of hydrogen-bond donors (Lipinski definition) is 2. The summed E-state index contributed by atoms with van der Waals surface area (Å²) >= 11 is 5.52. The summed E-state index contributed by atoms with van der Waals surface area (Å²) in [7, 11) is 0. The molecule has 1 aromatic carbocycles. The van der Waals surface area contributed by atoms with E-state index in [1.54, 1.807) is 6.07 Å². The summed E-state index contributed by atoms with van der Waals surface area (Å²) < 4.78 is 5.16. The van der Waals surface area contributed by atoms with Gasteiger partial charge in [-0.15, -0.1) is 11.6 Å². The fourth-order valence-electron chi connectivity index (χ4n) is 1.50. The molecule has 0 atom stereocenters. The Hall–Kier alpha value is -2.01. The van der Waals surface area contributed by atoms with Crippen molar-refractivity contribution in [3.63, 3.8) is 0 Å². The van der Waals surface area contributed by atoms with E-state index in [0.29, 0.717) is 24.0 Å². The first-order valence-electron chi connectivity index (χ1n) is 5.92. The molecular formula is C13H14ClN3O2. The van der Waals surface area contributed by atoms with Crippen molar-refractivity contribution in [3.05, 3.63) is 36.4 Å². The molecule has 2 aromatic rings. The molecule has 100 valence electrons. The average Bonchev–Trinajstić information content (AvgIpc) is 2.88. The quantitative estimate of drug-likeness (QED) is 0.653. The van der Waals surface area contributed by atoms with Crippen molar-refractivity contribution in [2.75, 3.05) is 17.7 Å². The molecule has 0 radical (unpaired) electrons. The molecule has 0 aliphatic carbocycles. The number of carbonyl (C=O) groups is 1. The number of aromatic nitrogens is 1. The molecule has 0 saturated carbocycles. The number of nitrogens with zero attached hydrogens (tertiary/aromatic N) is 1. The second-order valence-electron chi connectivity index (χ2n) is 3.87. The number of benzene rings is 1. The highest BCUT2D eigenvalue weighted by atomic mass is 35.5. The van der Waals surface area contributed by atoms with Crippen LogP contribution in [-0.4, -0.2) is 23.6 Å². The molecule has 19 heavy (non-hydrogen) atoms.